The lowest BCUT2D eigenvalue weighted by molar-refractivity contribution is 0.0168. The normalized spacial score (nSPS) is 16.7. The van der Waals surface area contributed by atoms with Crippen LogP contribution >= 0.6 is 24.0 Å². The Hall–Kier alpha value is -1.06. The molecule has 6 nitrogen and oxygen atoms in total. The van der Waals surface area contributed by atoms with Crippen LogP contribution in [0.3, 0.4) is 0 Å². The van der Waals surface area contributed by atoms with Gasteiger partial charge in [-0.3, -0.25) is 4.99 Å². The molecule has 27 heavy (non-hydrogen) atoms. The maximum atomic E-state index is 5.67. The van der Waals surface area contributed by atoms with Gasteiger partial charge in [0, 0.05) is 33.4 Å². The number of hydrogen-bond donors (Lipinski definition) is 2. The number of guanidine groups is 1. The summed E-state index contributed by atoms with van der Waals surface area (Å²) in [6.45, 7) is 6.06. The van der Waals surface area contributed by atoms with Crippen LogP contribution in [0.25, 0.3) is 0 Å². The number of hydrogen-bond acceptors (Lipinski definition) is 4. The van der Waals surface area contributed by atoms with Crippen molar-refractivity contribution in [3.63, 3.8) is 0 Å². The van der Waals surface area contributed by atoms with Gasteiger partial charge in [0.05, 0.1) is 19.8 Å². The Bertz CT molecular complexity index is 563. The van der Waals surface area contributed by atoms with E-state index in [4.69, 9.17) is 14.2 Å². The van der Waals surface area contributed by atoms with Gasteiger partial charge in [-0.05, 0) is 44.2 Å². The molecule has 1 atom stereocenters. The number of benzene rings is 1. The minimum absolute atomic E-state index is 0. The molecular formula is C20H34IN3O3. The van der Waals surface area contributed by atoms with Gasteiger partial charge in [-0.2, -0.15) is 0 Å². The van der Waals surface area contributed by atoms with Crippen LogP contribution in [0.4, 0.5) is 0 Å². The predicted molar refractivity (Wildman–Crippen MR) is 121 cm³/mol. The molecule has 1 aliphatic heterocycles. The molecule has 7 heteroatoms. The Morgan fingerprint density at radius 1 is 1.30 bits per heavy atom. The van der Waals surface area contributed by atoms with Crippen LogP contribution in [0.5, 0.6) is 5.75 Å². The molecule has 1 aromatic rings. The summed E-state index contributed by atoms with van der Waals surface area (Å²) in [5, 5.41) is 6.67. The average molecular weight is 491 g/mol. The predicted octanol–water partition coefficient (Wildman–Crippen LogP) is 2.91. The second kappa shape index (κ2) is 14.0. The minimum atomic E-state index is 0. The number of nitrogens with one attached hydrogen (secondary N) is 2. The van der Waals surface area contributed by atoms with E-state index in [-0.39, 0.29) is 24.0 Å². The first-order valence-corrected chi connectivity index (χ1v) is 9.50. The first kappa shape index (κ1) is 24.0. The average Bonchev–Trinajstić information content (AvgIpc) is 3.16. The van der Waals surface area contributed by atoms with Crippen molar-refractivity contribution in [3.8, 4) is 5.75 Å². The van der Waals surface area contributed by atoms with Crippen LogP contribution in [0, 0.1) is 6.92 Å². The van der Waals surface area contributed by atoms with Crippen molar-refractivity contribution in [1.29, 1.82) is 0 Å². The Balaban J connectivity index is 0.00000364. The van der Waals surface area contributed by atoms with Gasteiger partial charge in [0.15, 0.2) is 5.96 Å². The lowest BCUT2D eigenvalue weighted by Gasteiger charge is -2.14. The third kappa shape index (κ3) is 9.12. The Kier molecular flexibility index (Phi) is 12.4. The topological polar surface area (TPSA) is 64.1 Å². The first-order valence-electron chi connectivity index (χ1n) is 9.50. The number of nitrogens with zero attached hydrogens (tertiary/aromatic N) is 1. The summed E-state index contributed by atoms with van der Waals surface area (Å²) in [5.41, 5.74) is 2.45. The Morgan fingerprint density at radius 2 is 2.11 bits per heavy atom. The monoisotopic (exact) mass is 491 g/mol. The fourth-order valence-electron chi connectivity index (χ4n) is 3.01. The summed E-state index contributed by atoms with van der Waals surface area (Å²) in [7, 11) is 3.50. The van der Waals surface area contributed by atoms with Gasteiger partial charge in [-0.15, -0.1) is 24.0 Å². The van der Waals surface area contributed by atoms with Gasteiger partial charge in [0.1, 0.15) is 5.75 Å². The first-order chi connectivity index (χ1) is 12.7. The van der Waals surface area contributed by atoms with Crippen LogP contribution in [-0.2, 0) is 15.9 Å². The van der Waals surface area contributed by atoms with E-state index in [1.165, 1.54) is 11.1 Å². The number of halogens is 1. The number of aryl methyl sites for hydroxylation is 1. The summed E-state index contributed by atoms with van der Waals surface area (Å²) in [6.07, 6.45) is 4.41. The molecule has 1 aromatic carbocycles. The maximum absolute atomic E-state index is 5.67. The molecule has 1 aliphatic rings. The standard InChI is InChI=1S/C20H33N3O3.HI/c1-16-7-8-19(24-3)17(14-16)9-11-23-20(21-2)22-10-5-12-25-15-18-6-4-13-26-18;/h7-8,14,18H,4-6,9-13,15H2,1-3H3,(H2,21,22,23);1H. The van der Waals surface area contributed by atoms with E-state index < -0.39 is 0 Å². The van der Waals surface area contributed by atoms with Crippen LogP contribution < -0.4 is 15.4 Å². The SMILES string of the molecule is CN=C(NCCCOCC1CCCO1)NCCc1cc(C)ccc1OC.I. The van der Waals surface area contributed by atoms with Gasteiger partial charge >= 0.3 is 0 Å². The molecule has 0 saturated carbocycles. The van der Waals surface area contributed by atoms with E-state index in [9.17, 15) is 0 Å². The highest BCUT2D eigenvalue weighted by molar-refractivity contribution is 14.0. The number of aliphatic imine (C=N–C) groups is 1. The number of rotatable bonds is 10. The van der Waals surface area contributed by atoms with E-state index in [0.29, 0.717) is 12.7 Å². The highest BCUT2D eigenvalue weighted by Crippen LogP contribution is 2.19. The third-order valence-corrected chi connectivity index (χ3v) is 4.43. The molecule has 154 valence electrons. The minimum Gasteiger partial charge on any atom is -0.496 e. The molecule has 0 bridgehead atoms. The van der Waals surface area contributed by atoms with Crippen molar-refractivity contribution >= 4 is 29.9 Å². The van der Waals surface area contributed by atoms with Crippen molar-refractivity contribution in [2.75, 3.05) is 47.1 Å². The number of ether oxygens (including phenoxy) is 3. The zero-order valence-electron chi connectivity index (χ0n) is 16.8. The van der Waals surface area contributed by atoms with Gasteiger partial charge in [0.2, 0.25) is 0 Å². The molecule has 2 N–H and O–H groups in total. The van der Waals surface area contributed by atoms with E-state index in [1.807, 2.05) is 6.07 Å². The lowest BCUT2D eigenvalue weighted by atomic mass is 10.1. The van der Waals surface area contributed by atoms with E-state index >= 15 is 0 Å². The molecule has 0 aromatic heterocycles. The largest absolute Gasteiger partial charge is 0.496 e. The third-order valence-electron chi connectivity index (χ3n) is 4.43. The van der Waals surface area contributed by atoms with E-state index in [1.54, 1.807) is 14.2 Å². The zero-order chi connectivity index (χ0) is 18.6. The fourth-order valence-corrected chi connectivity index (χ4v) is 3.01. The molecule has 0 aliphatic carbocycles. The summed E-state index contributed by atoms with van der Waals surface area (Å²) < 4.78 is 16.6. The quantitative estimate of drug-likeness (QED) is 0.228. The molecule has 1 unspecified atom stereocenters. The van der Waals surface area contributed by atoms with Crippen LogP contribution in [0.1, 0.15) is 30.4 Å². The molecule has 0 spiro atoms. The molecule has 0 radical (unpaired) electrons. The fraction of sp³-hybridized carbons (Fsp3) is 0.650. The highest BCUT2D eigenvalue weighted by atomic mass is 127. The van der Waals surface area contributed by atoms with Gasteiger partial charge < -0.3 is 24.8 Å². The summed E-state index contributed by atoms with van der Waals surface area (Å²) in [5.74, 6) is 1.75. The van der Waals surface area contributed by atoms with Crippen molar-refractivity contribution in [1.82, 2.24) is 10.6 Å². The summed E-state index contributed by atoms with van der Waals surface area (Å²) in [6, 6.07) is 6.26. The summed E-state index contributed by atoms with van der Waals surface area (Å²) in [4.78, 5) is 4.26. The smallest absolute Gasteiger partial charge is 0.190 e. The Morgan fingerprint density at radius 3 is 2.81 bits per heavy atom. The molecule has 1 heterocycles. The zero-order valence-corrected chi connectivity index (χ0v) is 19.1. The van der Waals surface area contributed by atoms with Crippen LogP contribution in [0.15, 0.2) is 23.2 Å². The van der Waals surface area contributed by atoms with Crippen molar-refractivity contribution in [3.05, 3.63) is 29.3 Å². The molecule has 1 saturated heterocycles. The van der Waals surface area contributed by atoms with Crippen LogP contribution in [0.2, 0.25) is 0 Å². The molecule has 1 fully saturated rings. The molecule has 0 amide bonds. The van der Waals surface area contributed by atoms with Gasteiger partial charge in [0.25, 0.3) is 0 Å². The lowest BCUT2D eigenvalue weighted by Crippen LogP contribution is -2.39. The second-order valence-electron chi connectivity index (χ2n) is 6.55. The second-order valence-corrected chi connectivity index (χ2v) is 6.55. The van der Waals surface area contributed by atoms with Crippen LogP contribution in [-0.4, -0.2) is 59.1 Å². The van der Waals surface area contributed by atoms with E-state index in [0.717, 1.165) is 63.7 Å². The molecular weight excluding hydrogens is 457 g/mol. The highest BCUT2D eigenvalue weighted by Gasteiger charge is 2.14. The van der Waals surface area contributed by atoms with E-state index in [2.05, 4.69) is 34.7 Å². The van der Waals surface area contributed by atoms with Gasteiger partial charge in [-0.25, -0.2) is 0 Å². The van der Waals surface area contributed by atoms with Crippen molar-refractivity contribution < 1.29 is 14.2 Å². The maximum Gasteiger partial charge on any atom is 0.190 e. The Labute approximate surface area is 180 Å². The summed E-state index contributed by atoms with van der Waals surface area (Å²) >= 11 is 0. The molecule has 2 rings (SSSR count). The van der Waals surface area contributed by atoms with Gasteiger partial charge in [-0.1, -0.05) is 17.7 Å². The number of methoxy groups -OCH3 is 1. The van der Waals surface area contributed by atoms with Crippen molar-refractivity contribution in [2.45, 2.75) is 38.7 Å². The van der Waals surface area contributed by atoms with Crippen molar-refractivity contribution in [2.24, 2.45) is 4.99 Å².